The van der Waals surface area contributed by atoms with Crippen molar-refractivity contribution in [2.75, 3.05) is 18.1 Å². The monoisotopic (exact) mass is 310 g/mol. The zero-order chi connectivity index (χ0) is 12.5. The van der Waals surface area contributed by atoms with Gasteiger partial charge in [0.05, 0.1) is 10.0 Å². The number of thioether (sulfide) groups is 1. The van der Waals surface area contributed by atoms with Gasteiger partial charge in [0.2, 0.25) is 0 Å². The van der Waals surface area contributed by atoms with Gasteiger partial charge in [0.25, 0.3) is 0 Å². The molecular formula is C11H13Cl3N2S. The summed E-state index contributed by atoms with van der Waals surface area (Å²) < 4.78 is 0.330. The van der Waals surface area contributed by atoms with Gasteiger partial charge in [-0.15, -0.1) is 0 Å². The Morgan fingerprint density at radius 2 is 2.06 bits per heavy atom. The molecule has 0 unspecified atom stereocenters. The molecule has 94 valence electrons. The molecule has 2 rings (SSSR count). The highest BCUT2D eigenvalue weighted by atomic mass is 35.5. The first-order chi connectivity index (χ1) is 8.06. The van der Waals surface area contributed by atoms with Gasteiger partial charge in [-0.05, 0) is 25.2 Å². The van der Waals surface area contributed by atoms with Crippen LogP contribution in [0, 0.1) is 0 Å². The lowest BCUT2D eigenvalue weighted by molar-refractivity contribution is 0.379. The minimum atomic E-state index is 0.283. The Balaban J connectivity index is 2.06. The highest BCUT2D eigenvalue weighted by molar-refractivity contribution is 8.00. The summed E-state index contributed by atoms with van der Waals surface area (Å²) in [5.41, 5.74) is 0. The van der Waals surface area contributed by atoms with E-state index in [0.29, 0.717) is 20.6 Å². The van der Waals surface area contributed by atoms with Crippen LogP contribution in [-0.4, -0.2) is 22.5 Å². The van der Waals surface area contributed by atoms with E-state index in [-0.39, 0.29) is 5.15 Å². The molecule has 1 aliphatic carbocycles. The number of anilines is 1. The van der Waals surface area contributed by atoms with Crippen LogP contribution in [0.2, 0.25) is 15.2 Å². The predicted octanol–water partition coefficient (Wildman–Crippen LogP) is 4.74. The van der Waals surface area contributed by atoms with Gasteiger partial charge < -0.3 is 5.32 Å². The molecular weight excluding hydrogens is 299 g/mol. The molecule has 2 nitrogen and oxygen atoms in total. The van der Waals surface area contributed by atoms with Crippen LogP contribution >= 0.6 is 46.6 Å². The summed E-state index contributed by atoms with van der Waals surface area (Å²) in [6.45, 7) is 0.860. The Morgan fingerprint density at radius 3 is 2.59 bits per heavy atom. The third kappa shape index (κ3) is 2.95. The molecule has 0 saturated heterocycles. The Bertz CT molecular complexity index is 416. The molecule has 0 aliphatic heterocycles. The van der Waals surface area contributed by atoms with Crippen molar-refractivity contribution in [3.8, 4) is 0 Å². The van der Waals surface area contributed by atoms with Crippen molar-refractivity contribution >= 4 is 52.4 Å². The largest absolute Gasteiger partial charge is 0.367 e. The number of aromatic nitrogens is 1. The maximum Gasteiger partial charge on any atom is 0.150 e. The molecule has 1 N–H and O–H groups in total. The zero-order valence-corrected chi connectivity index (χ0v) is 12.5. The molecule has 1 heterocycles. The molecule has 0 bridgehead atoms. The average molecular weight is 312 g/mol. The van der Waals surface area contributed by atoms with Gasteiger partial charge in [-0.25, -0.2) is 4.98 Å². The lowest BCUT2D eigenvalue weighted by Gasteiger charge is -2.40. The van der Waals surface area contributed by atoms with E-state index in [9.17, 15) is 0 Å². The van der Waals surface area contributed by atoms with Crippen molar-refractivity contribution in [1.29, 1.82) is 0 Å². The maximum atomic E-state index is 6.06. The summed E-state index contributed by atoms with van der Waals surface area (Å²) >= 11 is 19.7. The first kappa shape index (κ1) is 13.6. The van der Waals surface area contributed by atoms with E-state index < -0.39 is 0 Å². The molecule has 1 fully saturated rings. The van der Waals surface area contributed by atoms with Gasteiger partial charge in [-0.2, -0.15) is 11.8 Å². The fourth-order valence-electron chi connectivity index (χ4n) is 1.84. The fraction of sp³-hybridized carbons (Fsp3) is 0.545. The smallest absolute Gasteiger partial charge is 0.150 e. The van der Waals surface area contributed by atoms with E-state index in [1.807, 2.05) is 11.8 Å². The normalized spacial score (nSPS) is 17.6. The van der Waals surface area contributed by atoms with Crippen LogP contribution in [0.1, 0.15) is 19.3 Å². The molecule has 0 aromatic carbocycles. The molecule has 0 amide bonds. The minimum Gasteiger partial charge on any atom is -0.367 e. The van der Waals surface area contributed by atoms with Crippen LogP contribution in [0.5, 0.6) is 0 Å². The highest BCUT2D eigenvalue weighted by Gasteiger charge is 2.36. The summed E-state index contributed by atoms with van der Waals surface area (Å²) in [7, 11) is 0. The molecule has 1 aromatic heterocycles. The molecule has 0 spiro atoms. The van der Waals surface area contributed by atoms with Crippen molar-refractivity contribution < 1.29 is 0 Å². The van der Waals surface area contributed by atoms with Crippen LogP contribution in [-0.2, 0) is 0 Å². The summed E-state index contributed by atoms with van der Waals surface area (Å²) in [6, 6.07) is 1.62. The van der Waals surface area contributed by atoms with Crippen molar-refractivity contribution in [2.45, 2.75) is 24.0 Å². The number of halogens is 3. The number of rotatable bonds is 4. The number of hydrogen-bond acceptors (Lipinski definition) is 3. The molecule has 6 heteroatoms. The Morgan fingerprint density at radius 1 is 1.35 bits per heavy atom. The minimum absolute atomic E-state index is 0.283. The zero-order valence-electron chi connectivity index (χ0n) is 9.40. The van der Waals surface area contributed by atoms with Gasteiger partial charge in [0.15, 0.2) is 0 Å². The SMILES string of the molecule is CSC1(CNc2nc(Cl)c(Cl)cc2Cl)CCC1. The maximum absolute atomic E-state index is 6.06. The quantitative estimate of drug-likeness (QED) is 0.813. The third-order valence-corrected chi connectivity index (χ3v) is 5.54. The van der Waals surface area contributed by atoms with Crippen LogP contribution in [0.3, 0.4) is 0 Å². The number of nitrogens with one attached hydrogen (secondary N) is 1. The van der Waals surface area contributed by atoms with Crippen LogP contribution < -0.4 is 5.32 Å². The molecule has 0 atom stereocenters. The summed E-state index contributed by atoms with van der Waals surface area (Å²) in [5.74, 6) is 0.612. The third-order valence-electron chi connectivity index (χ3n) is 3.16. The highest BCUT2D eigenvalue weighted by Crippen LogP contribution is 2.43. The number of nitrogens with zero attached hydrogens (tertiary/aromatic N) is 1. The summed E-state index contributed by atoms with van der Waals surface area (Å²) in [6.07, 6.45) is 5.91. The second-order valence-corrected chi connectivity index (χ2v) is 6.63. The lowest BCUT2D eigenvalue weighted by Crippen LogP contribution is -2.40. The predicted molar refractivity (Wildman–Crippen MR) is 77.9 cm³/mol. The van der Waals surface area contributed by atoms with E-state index in [2.05, 4.69) is 16.6 Å². The van der Waals surface area contributed by atoms with E-state index >= 15 is 0 Å². The molecule has 17 heavy (non-hydrogen) atoms. The van der Waals surface area contributed by atoms with E-state index in [1.54, 1.807) is 6.07 Å². The van der Waals surface area contributed by atoms with E-state index in [0.717, 1.165) is 6.54 Å². The molecule has 1 aromatic rings. The summed E-state index contributed by atoms with van der Waals surface area (Å²) in [5, 5.41) is 4.44. The van der Waals surface area contributed by atoms with Crippen molar-refractivity contribution in [3.05, 3.63) is 21.3 Å². The van der Waals surface area contributed by atoms with Crippen LogP contribution in [0.4, 0.5) is 5.82 Å². The van der Waals surface area contributed by atoms with Gasteiger partial charge in [-0.3, -0.25) is 0 Å². The average Bonchev–Trinajstić information content (AvgIpc) is 2.24. The van der Waals surface area contributed by atoms with Crippen molar-refractivity contribution in [3.63, 3.8) is 0 Å². The van der Waals surface area contributed by atoms with Crippen molar-refractivity contribution in [2.24, 2.45) is 0 Å². The van der Waals surface area contributed by atoms with Gasteiger partial charge >= 0.3 is 0 Å². The Kier molecular flexibility index (Phi) is 4.35. The van der Waals surface area contributed by atoms with Gasteiger partial charge in [0, 0.05) is 11.3 Å². The summed E-state index contributed by atoms with van der Waals surface area (Å²) in [4.78, 5) is 4.15. The van der Waals surface area contributed by atoms with Gasteiger partial charge in [0.1, 0.15) is 11.0 Å². The van der Waals surface area contributed by atoms with E-state index in [1.165, 1.54) is 19.3 Å². The Labute approximate surface area is 120 Å². The lowest BCUT2D eigenvalue weighted by atomic mass is 9.84. The second kappa shape index (κ2) is 5.43. The molecule has 0 radical (unpaired) electrons. The molecule has 1 saturated carbocycles. The van der Waals surface area contributed by atoms with Crippen LogP contribution in [0.25, 0.3) is 0 Å². The Hall–Kier alpha value is 0.170. The molecule has 1 aliphatic rings. The first-order valence-electron chi connectivity index (χ1n) is 5.37. The van der Waals surface area contributed by atoms with E-state index in [4.69, 9.17) is 34.8 Å². The number of pyridine rings is 1. The van der Waals surface area contributed by atoms with Crippen molar-refractivity contribution in [1.82, 2.24) is 4.98 Å². The van der Waals surface area contributed by atoms with Crippen LogP contribution in [0.15, 0.2) is 6.07 Å². The topological polar surface area (TPSA) is 24.9 Å². The van der Waals surface area contributed by atoms with Gasteiger partial charge in [-0.1, -0.05) is 41.2 Å². The standard InChI is InChI=1S/C11H13Cl3N2S/c1-17-11(3-2-4-11)6-15-10-8(13)5-7(12)9(14)16-10/h5H,2-4,6H2,1H3,(H,15,16). The fourth-order valence-corrected chi connectivity index (χ4v) is 3.31. The number of hydrogen-bond donors (Lipinski definition) is 1. The second-order valence-electron chi connectivity index (χ2n) is 4.19. The first-order valence-corrected chi connectivity index (χ1v) is 7.73.